The highest BCUT2D eigenvalue weighted by Gasteiger charge is 2.18. The molecule has 0 fully saturated rings. The number of fused-ring (bicyclic) bond motifs is 1. The van der Waals surface area contributed by atoms with E-state index in [0.717, 1.165) is 16.6 Å². The Hall–Kier alpha value is -3.04. The molecule has 0 aromatic heterocycles. The zero-order chi connectivity index (χ0) is 18.7. The first-order chi connectivity index (χ1) is 12.4. The van der Waals surface area contributed by atoms with Crippen molar-refractivity contribution in [1.29, 1.82) is 5.26 Å². The van der Waals surface area contributed by atoms with E-state index in [1.165, 1.54) is 0 Å². The second-order valence-electron chi connectivity index (χ2n) is 6.16. The summed E-state index contributed by atoms with van der Waals surface area (Å²) in [5.41, 5.74) is 2.27. The molecule has 0 heterocycles. The Bertz CT molecular complexity index is 1080. The largest absolute Gasteiger partial charge is 0.377 e. The summed E-state index contributed by atoms with van der Waals surface area (Å²) in [5, 5.41) is 10.3. The summed E-state index contributed by atoms with van der Waals surface area (Å²) in [4.78, 5) is 2.19. The lowest BCUT2D eigenvalue weighted by Crippen LogP contribution is -2.14. The van der Waals surface area contributed by atoms with Crippen molar-refractivity contribution in [2.45, 2.75) is 11.3 Å². The van der Waals surface area contributed by atoms with Gasteiger partial charge in [-0.2, -0.15) is 5.26 Å². The van der Waals surface area contributed by atoms with Crippen molar-refractivity contribution in [2.75, 3.05) is 23.7 Å². The van der Waals surface area contributed by atoms with Crippen LogP contribution in [-0.2, 0) is 16.4 Å². The van der Waals surface area contributed by atoms with Crippen molar-refractivity contribution in [3.63, 3.8) is 0 Å². The van der Waals surface area contributed by atoms with Crippen molar-refractivity contribution in [2.24, 2.45) is 0 Å². The third-order valence-corrected chi connectivity index (χ3v) is 5.56. The topological polar surface area (TPSA) is 73.2 Å². The Morgan fingerprint density at radius 3 is 2.27 bits per heavy atom. The van der Waals surface area contributed by atoms with Crippen molar-refractivity contribution < 1.29 is 8.42 Å². The molecule has 0 saturated heterocycles. The molecule has 0 atom stereocenters. The van der Waals surface area contributed by atoms with Crippen LogP contribution in [0.2, 0.25) is 0 Å². The first kappa shape index (κ1) is 17.8. The van der Waals surface area contributed by atoms with E-state index in [9.17, 15) is 8.42 Å². The predicted octanol–water partition coefficient (Wildman–Crippen LogP) is 3.77. The summed E-state index contributed by atoms with van der Waals surface area (Å²) in [6, 6.07) is 19.8. The summed E-state index contributed by atoms with van der Waals surface area (Å²) in [6.45, 7) is 0. The number of benzene rings is 3. The summed E-state index contributed by atoms with van der Waals surface area (Å²) >= 11 is 0. The maximum Gasteiger partial charge on any atom is 0.262 e. The first-order valence-corrected chi connectivity index (χ1v) is 9.58. The fourth-order valence-corrected chi connectivity index (χ4v) is 4.16. The van der Waals surface area contributed by atoms with Gasteiger partial charge in [-0.3, -0.25) is 4.72 Å². The Morgan fingerprint density at radius 1 is 0.962 bits per heavy atom. The van der Waals surface area contributed by atoms with E-state index < -0.39 is 10.0 Å². The summed E-state index contributed by atoms with van der Waals surface area (Å²) < 4.78 is 28.5. The molecule has 0 amide bonds. The Balaban J connectivity index is 2.02. The molecule has 0 aliphatic carbocycles. The van der Waals surface area contributed by atoms with Gasteiger partial charge in [0.15, 0.2) is 0 Å². The van der Waals surface area contributed by atoms with Gasteiger partial charge in [0.05, 0.1) is 17.4 Å². The molecule has 3 aromatic rings. The molecule has 0 bridgehead atoms. The molecule has 1 N–H and O–H groups in total. The quantitative estimate of drug-likeness (QED) is 0.747. The molecule has 3 rings (SSSR count). The van der Waals surface area contributed by atoms with E-state index in [0.29, 0.717) is 17.5 Å². The Morgan fingerprint density at radius 2 is 1.62 bits per heavy atom. The van der Waals surface area contributed by atoms with Crippen LogP contribution in [0.15, 0.2) is 65.6 Å². The molecule has 0 aliphatic heterocycles. The number of anilines is 2. The highest BCUT2D eigenvalue weighted by Crippen LogP contribution is 2.31. The normalized spacial score (nSPS) is 11.1. The number of nitriles is 1. The maximum absolute atomic E-state index is 12.9. The van der Waals surface area contributed by atoms with E-state index in [1.807, 2.05) is 43.3 Å². The van der Waals surface area contributed by atoms with Crippen LogP contribution in [0, 0.1) is 11.3 Å². The summed E-state index contributed by atoms with van der Waals surface area (Å²) in [6.07, 6.45) is 0.295. The standard InChI is InChI=1S/C20H19N3O2S/c1-23(2)19-7-3-6-18-17(19)5-4-8-20(18)26(24,25)22-16-11-9-15(10-12-16)13-14-21/h3-12,22H,13H2,1-2H3. The lowest BCUT2D eigenvalue weighted by atomic mass is 10.1. The smallest absolute Gasteiger partial charge is 0.262 e. The monoisotopic (exact) mass is 365 g/mol. The maximum atomic E-state index is 12.9. The second kappa shape index (κ2) is 7.06. The number of sulfonamides is 1. The highest BCUT2D eigenvalue weighted by molar-refractivity contribution is 7.93. The molecule has 0 aliphatic rings. The van der Waals surface area contributed by atoms with Crippen LogP contribution in [0.5, 0.6) is 0 Å². The van der Waals surface area contributed by atoms with E-state index in [2.05, 4.69) is 10.8 Å². The SMILES string of the molecule is CN(C)c1cccc2c(S(=O)(=O)Nc3ccc(CC#N)cc3)cccc12. The second-order valence-corrected chi connectivity index (χ2v) is 7.81. The molecule has 0 saturated carbocycles. The number of hydrogen-bond donors (Lipinski definition) is 1. The van der Waals surface area contributed by atoms with Gasteiger partial charge in [0, 0.05) is 36.2 Å². The molecular formula is C20H19N3O2S. The van der Waals surface area contributed by atoms with E-state index in [1.54, 1.807) is 36.4 Å². The van der Waals surface area contributed by atoms with Gasteiger partial charge in [-0.15, -0.1) is 0 Å². The minimum atomic E-state index is -3.74. The zero-order valence-corrected chi connectivity index (χ0v) is 15.4. The lowest BCUT2D eigenvalue weighted by molar-refractivity contribution is 0.602. The summed E-state index contributed by atoms with van der Waals surface area (Å²) in [5.74, 6) is 0. The Labute approximate surface area is 153 Å². The van der Waals surface area contributed by atoms with Crippen LogP contribution in [-0.4, -0.2) is 22.5 Å². The van der Waals surface area contributed by atoms with Gasteiger partial charge in [-0.05, 0) is 29.8 Å². The van der Waals surface area contributed by atoms with Gasteiger partial charge in [-0.25, -0.2) is 8.42 Å². The molecule has 0 radical (unpaired) electrons. The molecule has 0 spiro atoms. The van der Waals surface area contributed by atoms with Crippen molar-refractivity contribution in [1.82, 2.24) is 0 Å². The van der Waals surface area contributed by atoms with E-state index in [4.69, 9.17) is 5.26 Å². The van der Waals surface area contributed by atoms with Crippen molar-refractivity contribution in [3.05, 3.63) is 66.2 Å². The van der Waals surface area contributed by atoms with Gasteiger partial charge < -0.3 is 4.90 Å². The van der Waals surface area contributed by atoms with Gasteiger partial charge in [0.25, 0.3) is 10.0 Å². The Kier molecular flexibility index (Phi) is 4.83. The van der Waals surface area contributed by atoms with Crippen LogP contribution in [0.1, 0.15) is 5.56 Å². The average Bonchev–Trinajstić information content (AvgIpc) is 2.62. The van der Waals surface area contributed by atoms with Crippen LogP contribution < -0.4 is 9.62 Å². The van der Waals surface area contributed by atoms with Crippen LogP contribution >= 0.6 is 0 Å². The minimum Gasteiger partial charge on any atom is -0.377 e. The zero-order valence-electron chi connectivity index (χ0n) is 14.6. The molecular weight excluding hydrogens is 346 g/mol. The molecule has 0 unspecified atom stereocenters. The number of rotatable bonds is 5. The van der Waals surface area contributed by atoms with Crippen LogP contribution in [0.4, 0.5) is 11.4 Å². The number of hydrogen-bond acceptors (Lipinski definition) is 4. The third-order valence-electron chi connectivity index (χ3n) is 4.12. The minimum absolute atomic E-state index is 0.236. The van der Waals surface area contributed by atoms with Crippen molar-refractivity contribution >= 4 is 32.2 Å². The summed E-state index contributed by atoms with van der Waals surface area (Å²) in [7, 11) is 0.114. The lowest BCUT2D eigenvalue weighted by Gasteiger charge is -2.17. The molecule has 26 heavy (non-hydrogen) atoms. The highest BCUT2D eigenvalue weighted by atomic mass is 32.2. The fourth-order valence-electron chi connectivity index (χ4n) is 2.88. The fraction of sp³-hybridized carbons (Fsp3) is 0.150. The van der Waals surface area contributed by atoms with Gasteiger partial charge in [-0.1, -0.05) is 36.4 Å². The van der Waals surface area contributed by atoms with Gasteiger partial charge >= 0.3 is 0 Å². The molecule has 3 aromatic carbocycles. The number of nitrogens with zero attached hydrogens (tertiary/aromatic N) is 2. The first-order valence-electron chi connectivity index (χ1n) is 8.10. The van der Waals surface area contributed by atoms with Crippen molar-refractivity contribution in [3.8, 4) is 6.07 Å². The number of nitrogens with one attached hydrogen (secondary N) is 1. The molecule has 6 heteroatoms. The predicted molar refractivity (Wildman–Crippen MR) is 105 cm³/mol. The van der Waals surface area contributed by atoms with E-state index in [-0.39, 0.29) is 4.90 Å². The molecule has 5 nitrogen and oxygen atoms in total. The van der Waals surface area contributed by atoms with Crippen LogP contribution in [0.3, 0.4) is 0 Å². The van der Waals surface area contributed by atoms with Gasteiger partial charge in [0.1, 0.15) is 0 Å². The van der Waals surface area contributed by atoms with Crippen LogP contribution in [0.25, 0.3) is 10.8 Å². The average molecular weight is 365 g/mol. The third kappa shape index (κ3) is 3.48. The van der Waals surface area contributed by atoms with E-state index >= 15 is 0 Å². The molecule has 132 valence electrons. The van der Waals surface area contributed by atoms with Gasteiger partial charge in [0.2, 0.25) is 0 Å².